The molecule has 1 aromatic heterocycles. The number of H-pyrrole nitrogens is 1. The van der Waals surface area contributed by atoms with Crippen molar-refractivity contribution >= 4 is 23.1 Å². The Bertz CT molecular complexity index is 1060. The van der Waals surface area contributed by atoms with Crippen molar-refractivity contribution in [3.05, 3.63) is 35.4 Å². The Morgan fingerprint density at radius 3 is 2.51 bits per heavy atom. The van der Waals surface area contributed by atoms with E-state index in [0.717, 1.165) is 36.8 Å². The van der Waals surface area contributed by atoms with E-state index in [-0.39, 0.29) is 17.7 Å². The minimum Gasteiger partial charge on any atom is -0.380 e. The topological polar surface area (TPSA) is 113 Å². The van der Waals surface area contributed by atoms with Crippen LogP contribution in [0.1, 0.15) is 89.0 Å². The molecule has 2 heterocycles. The van der Waals surface area contributed by atoms with Crippen LogP contribution in [-0.4, -0.2) is 73.2 Å². The summed E-state index contributed by atoms with van der Waals surface area (Å²) in [6, 6.07) is 0. The fourth-order valence-corrected chi connectivity index (χ4v) is 5.29. The second-order valence-corrected chi connectivity index (χ2v) is 11.2. The Morgan fingerprint density at radius 1 is 1.20 bits per heavy atom. The standard InChI is InChI=1S/C27H39N5O3/c1-18(2)20(15-21(28)19-9-6-5-7-10-19)23-29-16-22(30-23)24(33)32-14-13-31(17-26(32,3)4)25(34)27(35)11-8-12-27/h9,15-16,18,28,35H,5-8,10-14,17H2,1-4H3,(H,29,30)/b20-15-,28-21?. The predicted molar refractivity (Wildman–Crippen MR) is 136 cm³/mol. The van der Waals surface area contributed by atoms with Gasteiger partial charge in [-0.25, -0.2) is 4.98 Å². The minimum absolute atomic E-state index is 0.136. The summed E-state index contributed by atoms with van der Waals surface area (Å²) >= 11 is 0. The first-order valence-electron chi connectivity index (χ1n) is 12.9. The van der Waals surface area contributed by atoms with Gasteiger partial charge in [0.1, 0.15) is 17.1 Å². The lowest BCUT2D eigenvalue weighted by atomic mass is 9.78. The fraction of sp³-hybridized carbons (Fsp3) is 0.630. The fourth-order valence-electron chi connectivity index (χ4n) is 5.29. The highest BCUT2D eigenvalue weighted by atomic mass is 16.3. The van der Waals surface area contributed by atoms with Crippen LogP contribution in [0.5, 0.6) is 0 Å². The van der Waals surface area contributed by atoms with Crippen LogP contribution >= 0.6 is 0 Å². The number of carbonyl (C=O) groups excluding carboxylic acids is 2. The summed E-state index contributed by atoms with van der Waals surface area (Å²) in [6.07, 6.45) is 11.8. The zero-order valence-corrected chi connectivity index (χ0v) is 21.5. The first-order valence-corrected chi connectivity index (χ1v) is 12.9. The maximum atomic E-state index is 13.5. The largest absolute Gasteiger partial charge is 0.380 e. The molecule has 0 bridgehead atoms. The molecule has 1 saturated carbocycles. The van der Waals surface area contributed by atoms with Gasteiger partial charge in [-0.05, 0) is 81.9 Å². The molecule has 1 aliphatic heterocycles. The Balaban J connectivity index is 1.49. The zero-order chi connectivity index (χ0) is 25.4. The molecule has 2 amide bonds. The molecule has 3 aliphatic rings. The van der Waals surface area contributed by atoms with Crippen molar-refractivity contribution in [1.29, 1.82) is 5.41 Å². The van der Waals surface area contributed by atoms with E-state index in [1.54, 1.807) is 16.0 Å². The molecule has 4 rings (SSSR count). The molecule has 0 unspecified atom stereocenters. The predicted octanol–water partition coefficient (Wildman–Crippen LogP) is 3.95. The third-order valence-electron chi connectivity index (χ3n) is 7.65. The van der Waals surface area contributed by atoms with E-state index in [1.165, 1.54) is 6.42 Å². The second kappa shape index (κ2) is 9.72. The van der Waals surface area contributed by atoms with Crippen LogP contribution in [0.15, 0.2) is 23.9 Å². The van der Waals surface area contributed by atoms with E-state index in [9.17, 15) is 14.7 Å². The van der Waals surface area contributed by atoms with E-state index in [0.29, 0.717) is 49.7 Å². The number of amides is 2. The molecule has 2 aliphatic carbocycles. The molecule has 0 radical (unpaired) electrons. The number of nitrogens with one attached hydrogen (secondary N) is 2. The van der Waals surface area contributed by atoms with E-state index < -0.39 is 11.1 Å². The average molecular weight is 482 g/mol. The van der Waals surface area contributed by atoms with Crippen molar-refractivity contribution in [1.82, 2.24) is 19.8 Å². The third kappa shape index (κ3) is 5.13. The molecule has 0 spiro atoms. The Hall–Kier alpha value is -2.74. The number of nitrogens with zero attached hydrogens (tertiary/aromatic N) is 3. The van der Waals surface area contributed by atoms with Gasteiger partial charge in [0.2, 0.25) is 0 Å². The van der Waals surface area contributed by atoms with Crippen LogP contribution in [0.2, 0.25) is 0 Å². The van der Waals surface area contributed by atoms with Gasteiger partial charge in [0, 0.05) is 19.6 Å². The number of hydrogen-bond acceptors (Lipinski definition) is 5. The second-order valence-electron chi connectivity index (χ2n) is 11.2. The molecule has 0 atom stereocenters. The molecule has 8 heteroatoms. The molecule has 190 valence electrons. The van der Waals surface area contributed by atoms with E-state index >= 15 is 0 Å². The Morgan fingerprint density at radius 2 is 1.94 bits per heavy atom. The van der Waals surface area contributed by atoms with Crippen molar-refractivity contribution in [3.8, 4) is 0 Å². The van der Waals surface area contributed by atoms with Gasteiger partial charge in [-0.2, -0.15) is 0 Å². The van der Waals surface area contributed by atoms with Gasteiger partial charge in [-0.3, -0.25) is 9.59 Å². The monoisotopic (exact) mass is 481 g/mol. The van der Waals surface area contributed by atoms with Crippen molar-refractivity contribution in [2.24, 2.45) is 5.92 Å². The molecule has 1 aromatic rings. The average Bonchev–Trinajstić information content (AvgIpc) is 3.29. The van der Waals surface area contributed by atoms with Gasteiger partial charge in [-0.15, -0.1) is 0 Å². The van der Waals surface area contributed by atoms with Crippen molar-refractivity contribution in [2.75, 3.05) is 19.6 Å². The normalized spacial score (nSPS) is 22.0. The Labute approximate surface area is 208 Å². The van der Waals surface area contributed by atoms with Crippen LogP contribution < -0.4 is 0 Å². The van der Waals surface area contributed by atoms with E-state index in [2.05, 4.69) is 29.9 Å². The maximum absolute atomic E-state index is 13.5. The maximum Gasteiger partial charge on any atom is 0.272 e. The van der Waals surface area contributed by atoms with Gasteiger partial charge in [0.15, 0.2) is 0 Å². The van der Waals surface area contributed by atoms with E-state index in [4.69, 9.17) is 5.41 Å². The number of allylic oxidation sites excluding steroid dienone is 4. The summed E-state index contributed by atoms with van der Waals surface area (Å²) in [5.41, 5.74) is 1.11. The summed E-state index contributed by atoms with van der Waals surface area (Å²) < 4.78 is 0. The number of aromatic amines is 1. The summed E-state index contributed by atoms with van der Waals surface area (Å²) in [6.45, 7) is 9.20. The van der Waals surface area contributed by atoms with Gasteiger partial charge in [0.25, 0.3) is 11.8 Å². The number of carbonyl (C=O) groups is 2. The van der Waals surface area contributed by atoms with E-state index in [1.807, 2.05) is 19.9 Å². The van der Waals surface area contributed by atoms with Crippen LogP contribution in [-0.2, 0) is 4.79 Å². The van der Waals surface area contributed by atoms with Crippen LogP contribution in [0.3, 0.4) is 0 Å². The van der Waals surface area contributed by atoms with Gasteiger partial charge < -0.3 is 25.3 Å². The first-order chi connectivity index (χ1) is 16.5. The number of piperazine rings is 1. The van der Waals surface area contributed by atoms with Crippen LogP contribution in [0.25, 0.3) is 5.57 Å². The molecular weight excluding hydrogens is 442 g/mol. The summed E-state index contributed by atoms with van der Waals surface area (Å²) in [5.74, 6) is 0.381. The summed E-state index contributed by atoms with van der Waals surface area (Å²) in [4.78, 5) is 37.5. The van der Waals surface area contributed by atoms with Crippen molar-refractivity contribution < 1.29 is 14.7 Å². The van der Waals surface area contributed by atoms with Gasteiger partial charge in [-0.1, -0.05) is 19.9 Å². The zero-order valence-electron chi connectivity index (χ0n) is 21.5. The highest BCUT2D eigenvalue weighted by Gasteiger charge is 2.48. The SMILES string of the molecule is CC(C)/C(=C/C(=N)C1=CCCCC1)c1ncc(C(=O)N2CCN(C(=O)C3(O)CCC3)CC2(C)C)[nH]1. The molecule has 0 aromatic carbocycles. The lowest BCUT2D eigenvalue weighted by Gasteiger charge is -2.49. The number of aromatic nitrogens is 2. The lowest BCUT2D eigenvalue weighted by Crippen LogP contribution is -2.65. The van der Waals surface area contributed by atoms with Crippen LogP contribution in [0, 0.1) is 11.3 Å². The molecule has 1 saturated heterocycles. The highest BCUT2D eigenvalue weighted by molar-refractivity contribution is 6.10. The number of rotatable bonds is 6. The molecule has 2 fully saturated rings. The number of aliphatic hydroxyl groups is 1. The number of imidazole rings is 1. The van der Waals surface area contributed by atoms with Gasteiger partial charge >= 0.3 is 0 Å². The van der Waals surface area contributed by atoms with Gasteiger partial charge in [0.05, 0.1) is 17.4 Å². The Kier molecular flexibility index (Phi) is 7.04. The summed E-state index contributed by atoms with van der Waals surface area (Å²) in [5, 5.41) is 19.1. The van der Waals surface area contributed by atoms with Crippen molar-refractivity contribution in [2.45, 2.75) is 83.8 Å². The summed E-state index contributed by atoms with van der Waals surface area (Å²) in [7, 11) is 0. The minimum atomic E-state index is -1.22. The third-order valence-corrected chi connectivity index (χ3v) is 7.65. The molecule has 35 heavy (non-hydrogen) atoms. The first kappa shape index (κ1) is 25.4. The molecule has 8 nitrogen and oxygen atoms in total. The number of hydrogen-bond donors (Lipinski definition) is 3. The quantitative estimate of drug-likeness (QED) is 0.534. The lowest BCUT2D eigenvalue weighted by molar-refractivity contribution is -0.164. The van der Waals surface area contributed by atoms with Crippen molar-refractivity contribution in [3.63, 3.8) is 0 Å². The van der Waals surface area contributed by atoms with Crippen LogP contribution in [0.4, 0.5) is 0 Å². The highest BCUT2D eigenvalue weighted by Crippen LogP contribution is 2.35. The molecule has 3 N–H and O–H groups in total. The smallest absolute Gasteiger partial charge is 0.272 e. The molecular formula is C27H39N5O3.